The van der Waals surface area contributed by atoms with Gasteiger partial charge in [-0.3, -0.25) is 4.99 Å². The van der Waals surface area contributed by atoms with Crippen molar-refractivity contribution in [1.82, 2.24) is 5.32 Å². The number of nitrogens with one attached hydrogen (secondary N) is 1. The molecule has 0 aliphatic rings. The number of hydrogen-bond acceptors (Lipinski definition) is 1. The van der Waals surface area contributed by atoms with E-state index in [1.54, 1.807) is 19.2 Å². The predicted octanol–water partition coefficient (Wildman–Crippen LogP) is 1.42. The van der Waals surface area contributed by atoms with Gasteiger partial charge in [0.15, 0.2) is 5.96 Å². The Morgan fingerprint density at radius 1 is 1.43 bits per heavy atom. The Morgan fingerprint density at radius 3 is 2.50 bits per heavy atom. The molecule has 14 heavy (non-hydrogen) atoms. The fourth-order valence-corrected chi connectivity index (χ4v) is 1.12. The molecule has 3 N–H and O–H groups in total. The summed E-state index contributed by atoms with van der Waals surface area (Å²) in [7, 11) is 1.61. The van der Waals surface area contributed by atoms with E-state index in [2.05, 4.69) is 10.3 Å². The molecule has 0 radical (unpaired) electrons. The summed E-state index contributed by atoms with van der Waals surface area (Å²) in [5.41, 5.74) is 6.48. The molecule has 0 heterocycles. The minimum absolute atomic E-state index is 0.0271. The lowest BCUT2D eigenvalue weighted by atomic mass is 10.1. The molecule has 1 aromatic rings. The molecule has 1 atom stereocenters. The van der Waals surface area contributed by atoms with Gasteiger partial charge in [0.25, 0.3) is 0 Å². The van der Waals surface area contributed by atoms with Gasteiger partial charge < -0.3 is 11.1 Å². The van der Waals surface area contributed by atoms with Gasteiger partial charge in [0, 0.05) is 7.05 Å². The maximum absolute atomic E-state index is 12.6. The maximum Gasteiger partial charge on any atom is 0.188 e. The summed E-state index contributed by atoms with van der Waals surface area (Å²) < 4.78 is 12.6. The molecule has 0 aromatic heterocycles. The molecule has 0 fully saturated rings. The van der Waals surface area contributed by atoms with Crippen LogP contribution < -0.4 is 11.1 Å². The van der Waals surface area contributed by atoms with Crippen LogP contribution in [-0.2, 0) is 0 Å². The number of halogens is 1. The molecule has 0 bridgehead atoms. The van der Waals surface area contributed by atoms with Crippen LogP contribution >= 0.6 is 0 Å². The highest BCUT2D eigenvalue weighted by atomic mass is 19.1. The third-order valence-electron chi connectivity index (χ3n) is 1.98. The highest BCUT2D eigenvalue weighted by Crippen LogP contribution is 2.12. The van der Waals surface area contributed by atoms with Crippen molar-refractivity contribution in [3.63, 3.8) is 0 Å². The van der Waals surface area contributed by atoms with E-state index in [9.17, 15) is 4.39 Å². The number of nitrogens with zero attached hydrogens (tertiary/aromatic N) is 1. The van der Waals surface area contributed by atoms with Crippen LogP contribution in [0.15, 0.2) is 29.3 Å². The van der Waals surface area contributed by atoms with E-state index < -0.39 is 0 Å². The second-order valence-corrected chi connectivity index (χ2v) is 3.03. The molecule has 0 aliphatic heterocycles. The van der Waals surface area contributed by atoms with E-state index >= 15 is 0 Å². The summed E-state index contributed by atoms with van der Waals surface area (Å²) in [6, 6.07) is 6.31. The SMILES string of the molecule is CN=C(N)N[C@@H](C)c1ccc(F)cc1. The number of aliphatic imine (C=N–C) groups is 1. The van der Waals surface area contributed by atoms with Crippen molar-refractivity contribution in [1.29, 1.82) is 0 Å². The fourth-order valence-electron chi connectivity index (χ4n) is 1.12. The Labute approximate surface area is 82.8 Å². The quantitative estimate of drug-likeness (QED) is 0.554. The Morgan fingerprint density at radius 2 is 2.00 bits per heavy atom. The number of guanidine groups is 1. The standard InChI is InChI=1S/C10H14FN3/c1-7(14-10(12)13-2)8-3-5-9(11)6-4-8/h3-7H,1-2H3,(H3,12,13,14)/t7-/m0/s1. The second kappa shape index (κ2) is 4.60. The van der Waals surface area contributed by atoms with Crippen molar-refractivity contribution < 1.29 is 4.39 Å². The highest BCUT2D eigenvalue weighted by Gasteiger charge is 2.04. The van der Waals surface area contributed by atoms with Crippen molar-refractivity contribution in [2.75, 3.05) is 7.05 Å². The number of hydrogen-bond donors (Lipinski definition) is 2. The van der Waals surface area contributed by atoms with E-state index in [4.69, 9.17) is 5.73 Å². The van der Waals surface area contributed by atoms with Crippen molar-refractivity contribution >= 4 is 5.96 Å². The van der Waals surface area contributed by atoms with Gasteiger partial charge >= 0.3 is 0 Å². The van der Waals surface area contributed by atoms with Gasteiger partial charge in [-0.1, -0.05) is 12.1 Å². The van der Waals surface area contributed by atoms with Gasteiger partial charge in [-0.2, -0.15) is 0 Å². The summed E-state index contributed by atoms with van der Waals surface area (Å²) in [6.45, 7) is 1.94. The zero-order chi connectivity index (χ0) is 10.6. The maximum atomic E-state index is 12.6. The van der Waals surface area contributed by atoms with E-state index in [0.717, 1.165) is 5.56 Å². The summed E-state index contributed by atoms with van der Waals surface area (Å²) in [5.74, 6) is 0.139. The van der Waals surface area contributed by atoms with Gasteiger partial charge in [-0.15, -0.1) is 0 Å². The van der Waals surface area contributed by atoms with Crippen LogP contribution in [0.3, 0.4) is 0 Å². The van der Waals surface area contributed by atoms with Crippen LogP contribution in [0.2, 0.25) is 0 Å². The van der Waals surface area contributed by atoms with E-state index in [0.29, 0.717) is 5.96 Å². The van der Waals surface area contributed by atoms with Gasteiger partial charge in [-0.05, 0) is 24.6 Å². The molecule has 3 nitrogen and oxygen atoms in total. The van der Waals surface area contributed by atoms with Crippen molar-refractivity contribution in [2.45, 2.75) is 13.0 Å². The molecule has 0 unspecified atom stereocenters. The average molecular weight is 195 g/mol. The van der Waals surface area contributed by atoms with Crippen LogP contribution in [0.25, 0.3) is 0 Å². The molecule has 1 rings (SSSR count). The molecule has 0 saturated carbocycles. The lowest BCUT2D eigenvalue weighted by molar-refractivity contribution is 0.624. The summed E-state index contributed by atoms with van der Waals surface area (Å²) in [6.07, 6.45) is 0. The largest absolute Gasteiger partial charge is 0.370 e. The Balaban J connectivity index is 2.70. The van der Waals surface area contributed by atoms with Crippen LogP contribution in [-0.4, -0.2) is 13.0 Å². The van der Waals surface area contributed by atoms with E-state index in [1.807, 2.05) is 6.92 Å². The number of nitrogens with two attached hydrogens (primary N) is 1. The van der Waals surface area contributed by atoms with Gasteiger partial charge in [0.1, 0.15) is 5.82 Å². The van der Waals surface area contributed by atoms with Crippen molar-refractivity contribution in [3.05, 3.63) is 35.6 Å². The molecule has 0 saturated heterocycles. The number of rotatable bonds is 2. The third kappa shape index (κ3) is 2.73. The fraction of sp³-hybridized carbons (Fsp3) is 0.300. The minimum atomic E-state index is -0.238. The molecular weight excluding hydrogens is 181 g/mol. The zero-order valence-electron chi connectivity index (χ0n) is 8.29. The third-order valence-corrected chi connectivity index (χ3v) is 1.98. The zero-order valence-corrected chi connectivity index (χ0v) is 8.29. The molecule has 0 spiro atoms. The molecule has 1 aromatic carbocycles. The second-order valence-electron chi connectivity index (χ2n) is 3.03. The van der Waals surface area contributed by atoms with Crippen LogP contribution in [0.5, 0.6) is 0 Å². The lowest BCUT2D eigenvalue weighted by Gasteiger charge is -2.14. The molecular formula is C10H14FN3. The summed E-state index contributed by atoms with van der Waals surface area (Å²) in [5, 5.41) is 2.97. The monoisotopic (exact) mass is 195 g/mol. The van der Waals surface area contributed by atoms with Gasteiger partial charge in [-0.25, -0.2) is 4.39 Å². The van der Waals surface area contributed by atoms with Crippen molar-refractivity contribution in [3.8, 4) is 0 Å². The molecule has 0 aliphatic carbocycles. The number of benzene rings is 1. The van der Waals surface area contributed by atoms with Crippen LogP contribution in [0.1, 0.15) is 18.5 Å². The van der Waals surface area contributed by atoms with Gasteiger partial charge in [0.2, 0.25) is 0 Å². The lowest BCUT2D eigenvalue weighted by Crippen LogP contribution is -2.33. The Kier molecular flexibility index (Phi) is 3.45. The van der Waals surface area contributed by atoms with Gasteiger partial charge in [0.05, 0.1) is 6.04 Å². The Hall–Kier alpha value is -1.58. The van der Waals surface area contributed by atoms with Crippen molar-refractivity contribution in [2.24, 2.45) is 10.7 Å². The van der Waals surface area contributed by atoms with Crippen LogP contribution in [0.4, 0.5) is 4.39 Å². The summed E-state index contributed by atoms with van der Waals surface area (Å²) in [4.78, 5) is 3.78. The first kappa shape index (κ1) is 10.5. The van der Waals surface area contributed by atoms with Crippen LogP contribution in [0, 0.1) is 5.82 Å². The average Bonchev–Trinajstić information content (AvgIpc) is 2.18. The topological polar surface area (TPSA) is 50.4 Å². The predicted molar refractivity (Wildman–Crippen MR) is 55.5 cm³/mol. The molecule has 4 heteroatoms. The molecule has 76 valence electrons. The first-order valence-corrected chi connectivity index (χ1v) is 4.37. The molecule has 0 amide bonds. The van der Waals surface area contributed by atoms with E-state index in [-0.39, 0.29) is 11.9 Å². The summed E-state index contributed by atoms with van der Waals surface area (Å²) >= 11 is 0. The highest BCUT2D eigenvalue weighted by molar-refractivity contribution is 5.78. The first-order chi connectivity index (χ1) is 6.63. The smallest absolute Gasteiger partial charge is 0.188 e. The normalized spacial score (nSPS) is 13.8. The Bertz CT molecular complexity index is 319. The van der Waals surface area contributed by atoms with E-state index in [1.165, 1.54) is 12.1 Å². The first-order valence-electron chi connectivity index (χ1n) is 4.37. The minimum Gasteiger partial charge on any atom is -0.370 e.